The van der Waals surface area contributed by atoms with Crippen molar-refractivity contribution < 1.29 is 9.53 Å². The molecule has 82 valence electrons. The molecule has 0 N–H and O–H groups in total. The third-order valence-corrected chi connectivity index (χ3v) is 2.52. The maximum atomic E-state index is 11.1. The van der Waals surface area contributed by atoms with Crippen molar-refractivity contribution in [2.45, 2.75) is 13.3 Å². The molecular weight excluding hydrogens is 200 g/mol. The standard InChI is InChI=1S/C14H14O2/c1-2-13(15)10-16-14-8-7-11-5-3-4-6-12(11)9-14/h3-9H,2,10H2,1H3. The van der Waals surface area contributed by atoms with E-state index in [1.54, 1.807) is 0 Å². The van der Waals surface area contributed by atoms with Crippen LogP contribution in [0.4, 0.5) is 0 Å². The Morgan fingerprint density at radius 2 is 1.88 bits per heavy atom. The molecule has 0 saturated heterocycles. The van der Waals surface area contributed by atoms with Crippen LogP contribution in [0.15, 0.2) is 42.5 Å². The Hall–Kier alpha value is -1.83. The first-order chi connectivity index (χ1) is 7.79. The van der Waals surface area contributed by atoms with Crippen molar-refractivity contribution in [1.82, 2.24) is 0 Å². The van der Waals surface area contributed by atoms with Gasteiger partial charge in [0.15, 0.2) is 5.78 Å². The van der Waals surface area contributed by atoms with Crippen LogP contribution in [0.2, 0.25) is 0 Å². The molecule has 0 spiro atoms. The summed E-state index contributed by atoms with van der Waals surface area (Å²) in [5.74, 6) is 0.869. The van der Waals surface area contributed by atoms with E-state index in [-0.39, 0.29) is 12.4 Å². The number of hydrogen-bond donors (Lipinski definition) is 0. The van der Waals surface area contributed by atoms with Crippen molar-refractivity contribution in [1.29, 1.82) is 0 Å². The van der Waals surface area contributed by atoms with Crippen LogP contribution < -0.4 is 4.74 Å². The van der Waals surface area contributed by atoms with Crippen molar-refractivity contribution in [2.75, 3.05) is 6.61 Å². The fourth-order valence-corrected chi connectivity index (χ4v) is 1.52. The fraction of sp³-hybridized carbons (Fsp3) is 0.214. The van der Waals surface area contributed by atoms with E-state index in [1.807, 2.05) is 43.3 Å². The van der Waals surface area contributed by atoms with Gasteiger partial charge in [0.1, 0.15) is 12.4 Å². The predicted molar refractivity (Wildman–Crippen MR) is 64.7 cm³/mol. The van der Waals surface area contributed by atoms with Crippen LogP contribution in [0.3, 0.4) is 0 Å². The molecule has 0 aliphatic carbocycles. The van der Waals surface area contributed by atoms with Gasteiger partial charge < -0.3 is 4.74 Å². The normalized spacial score (nSPS) is 10.3. The number of Topliss-reactive ketones (excluding diaryl/α,β-unsaturated/α-hetero) is 1. The first-order valence-corrected chi connectivity index (χ1v) is 5.43. The van der Waals surface area contributed by atoms with E-state index in [1.165, 1.54) is 5.39 Å². The summed E-state index contributed by atoms with van der Waals surface area (Å²) in [6, 6.07) is 13.9. The van der Waals surface area contributed by atoms with Crippen LogP contribution in [-0.4, -0.2) is 12.4 Å². The Morgan fingerprint density at radius 1 is 1.12 bits per heavy atom. The highest BCUT2D eigenvalue weighted by Gasteiger charge is 2.00. The van der Waals surface area contributed by atoms with Crippen LogP contribution in [0.1, 0.15) is 13.3 Å². The summed E-state index contributed by atoms with van der Waals surface area (Å²) in [7, 11) is 0. The van der Waals surface area contributed by atoms with E-state index < -0.39 is 0 Å². The van der Waals surface area contributed by atoms with Gasteiger partial charge in [-0.25, -0.2) is 0 Å². The molecule has 2 nitrogen and oxygen atoms in total. The zero-order chi connectivity index (χ0) is 11.4. The van der Waals surface area contributed by atoms with E-state index in [9.17, 15) is 4.79 Å². The molecule has 2 heteroatoms. The minimum Gasteiger partial charge on any atom is -0.486 e. The summed E-state index contributed by atoms with van der Waals surface area (Å²) >= 11 is 0. The van der Waals surface area contributed by atoms with Crippen molar-refractivity contribution in [3.05, 3.63) is 42.5 Å². The van der Waals surface area contributed by atoms with E-state index in [4.69, 9.17) is 4.74 Å². The Kier molecular flexibility index (Phi) is 3.20. The minimum absolute atomic E-state index is 0.119. The van der Waals surface area contributed by atoms with Crippen molar-refractivity contribution >= 4 is 16.6 Å². The van der Waals surface area contributed by atoms with E-state index in [0.717, 1.165) is 11.1 Å². The maximum Gasteiger partial charge on any atom is 0.169 e. The highest BCUT2D eigenvalue weighted by molar-refractivity contribution is 5.84. The topological polar surface area (TPSA) is 26.3 Å². The molecule has 0 fully saturated rings. The van der Waals surface area contributed by atoms with Gasteiger partial charge in [0.25, 0.3) is 0 Å². The maximum absolute atomic E-state index is 11.1. The lowest BCUT2D eigenvalue weighted by atomic mass is 10.1. The summed E-state index contributed by atoms with van der Waals surface area (Å²) in [5, 5.41) is 2.31. The largest absolute Gasteiger partial charge is 0.486 e. The second kappa shape index (κ2) is 4.79. The summed E-state index contributed by atoms with van der Waals surface area (Å²) in [5.41, 5.74) is 0. The van der Waals surface area contributed by atoms with Crippen LogP contribution in [-0.2, 0) is 4.79 Å². The lowest BCUT2D eigenvalue weighted by Crippen LogP contribution is -2.09. The summed E-state index contributed by atoms with van der Waals surface area (Å²) in [4.78, 5) is 11.1. The molecule has 0 radical (unpaired) electrons. The molecule has 0 aliphatic rings. The van der Waals surface area contributed by atoms with Crippen molar-refractivity contribution in [3.63, 3.8) is 0 Å². The number of benzene rings is 2. The molecule has 0 saturated carbocycles. The van der Waals surface area contributed by atoms with Crippen molar-refractivity contribution in [3.8, 4) is 5.75 Å². The van der Waals surface area contributed by atoms with Crippen molar-refractivity contribution in [2.24, 2.45) is 0 Å². The smallest absolute Gasteiger partial charge is 0.169 e. The van der Waals surface area contributed by atoms with Gasteiger partial charge in [0.05, 0.1) is 0 Å². The molecule has 0 aromatic heterocycles. The highest BCUT2D eigenvalue weighted by atomic mass is 16.5. The van der Waals surface area contributed by atoms with E-state index >= 15 is 0 Å². The van der Waals surface area contributed by atoms with Gasteiger partial charge in [-0.1, -0.05) is 37.3 Å². The zero-order valence-electron chi connectivity index (χ0n) is 9.27. The Balaban J connectivity index is 2.16. The number of ketones is 1. The molecule has 0 atom stereocenters. The van der Waals surface area contributed by atoms with Gasteiger partial charge in [-0.2, -0.15) is 0 Å². The summed E-state index contributed by atoms with van der Waals surface area (Å²) < 4.78 is 5.42. The van der Waals surface area contributed by atoms with Gasteiger partial charge >= 0.3 is 0 Å². The Labute approximate surface area is 94.8 Å². The van der Waals surface area contributed by atoms with E-state index in [2.05, 4.69) is 6.07 Å². The number of carbonyl (C=O) groups is 1. The second-order valence-electron chi connectivity index (χ2n) is 3.69. The zero-order valence-corrected chi connectivity index (χ0v) is 9.27. The monoisotopic (exact) mass is 214 g/mol. The first-order valence-electron chi connectivity index (χ1n) is 5.43. The second-order valence-corrected chi connectivity index (χ2v) is 3.69. The molecule has 2 rings (SSSR count). The van der Waals surface area contributed by atoms with E-state index in [0.29, 0.717) is 6.42 Å². The van der Waals surface area contributed by atoms with Crippen LogP contribution >= 0.6 is 0 Å². The SMILES string of the molecule is CCC(=O)COc1ccc2ccccc2c1. The van der Waals surface area contributed by atoms with Crippen LogP contribution in [0, 0.1) is 0 Å². The van der Waals surface area contributed by atoms with Gasteiger partial charge in [-0.05, 0) is 22.9 Å². The number of ether oxygens (including phenoxy) is 1. The lowest BCUT2D eigenvalue weighted by molar-refractivity contribution is -0.120. The van der Waals surface area contributed by atoms with Crippen LogP contribution in [0.5, 0.6) is 5.75 Å². The van der Waals surface area contributed by atoms with Gasteiger partial charge in [-0.3, -0.25) is 4.79 Å². The first kappa shape index (κ1) is 10.7. The lowest BCUT2D eigenvalue weighted by Gasteiger charge is -2.05. The molecule has 16 heavy (non-hydrogen) atoms. The Morgan fingerprint density at radius 3 is 2.62 bits per heavy atom. The highest BCUT2D eigenvalue weighted by Crippen LogP contribution is 2.20. The number of carbonyl (C=O) groups excluding carboxylic acids is 1. The molecule has 0 heterocycles. The molecule has 2 aromatic rings. The molecule has 0 bridgehead atoms. The molecular formula is C14H14O2. The predicted octanol–water partition coefficient (Wildman–Crippen LogP) is 3.20. The van der Waals surface area contributed by atoms with Gasteiger partial charge in [0, 0.05) is 6.42 Å². The fourth-order valence-electron chi connectivity index (χ4n) is 1.52. The third-order valence-electron chi connectivity index (χ3n) is 2.52. The molecule has 0 unspecified atom stereocenters. The average Bonchev–Trinajstić information content (AvgIpc) is 2.35. The third kappa shape index (κ3) is 2.40. The number of hydrogen-bond acceptors (Lipinski definition) is 2. The molecule has 2 aromatic carbocycles. The molecule has 0 amide bonds. The van der Waals surface area contributed by atoms with Gasteiger partial charge in [0.2, 0.25) is 0 Å². The van der Waals surface area contributed by atoms with Gasteiger partial charge in [-0.15, -0.1) is 0 Å². The Bertz CT molecular complexity index is 503. The number of rotatable bonds is 4. The summed E-state index contributed by atoms with van der Waals surface area (Å²) in [6.45, 7) is 2.00. The minimum atomic E-state index is 0.119. The van der Waals surface area contributed by atoms with Crippen LogP contribution in [0.25, 0.3) is 10.8 Å². The molecule has 0 aliphatic heterocycles. The average molecular weight is 214 g/mol. The summed E-state index contributed by atoms with van der Waals surface area (Å²) in [6.07, 6.45) is 0.521. The number of fused-ring (bicyclic) bond motifs is 1. The quantitative estimate of drug-likeness (QED) is 0.781.